The highest BCUT2D eigenvalue weighted by Crippen LogP contribution is 2.75. The van der Waals surface area contributed by atoms with E-state index in [4.69, 9.17) is 15.2 Å². The molecule has 1 aliphatic heterocycles. The van der Waals surface area contributed by atoms with Gasteiger partial charge in [-0.3, -0.25) is 4.79 Å². The number of carboxylic acid groups (broad SMARTS) is 1. The van der Waals surface area contributed by atoms with Crippen molar-refractivity contribution in [2.45, 2.75) is 125 Å². The van der Waals surface area contributed by atoms with Gasteiger partial charge in [-0.15, -0.1) is 5.10 Å². The second kappa shape index (κ2) is 12.8. The monoisotopic (exact) mass is 699 g/mol. The van der Waals surface area contributed by atoms with Gasteiger partial charge in [-0.25, -0.2) is 0 Å². The number of allylic oxidation sites excluding steroid dienone is 1. The molecule has 5 aliphatic rings. The lowest BCUT2D eigenvalue weighted by Gasteiger charge is -2.71. The van der Waals surface area contributed by atoms with Crippen molar-refractivity contribution in [3.05, 3.63) is 11.6 Å². The van der Waals surface area contributed by atoms with E-state index in [-0.39, 0.29) is 69.2 Å². The van der Waals surface area contributed by atoms with Gasteiger partial charge in [0, 0.05) is 22.9 Å². The van der Waals surface area contributed by atoms with Gasteiger partial charge in [0.05, 0.1) is 38.4 Å². The molecule has 0 radical (unpaired) electrons. The van der Waals surface area contributed by atoms with Crippen molar-refractivity contribution in [3.63, 3.8) is 0 Å². The normalized spacial score (nSPS) is 43.0. The summed E-state index contributed by atoms with van der Waals surface area (Å²) in [5.41, 5.74) is 5.79. The molecule has 4 aliphatic carbocycles. The van der Waals surface area contributed by atoms with Gasteiger partial charge in [0.25, 0.3) is 5.95 Å². The number of hydrogen-bond donors (Lipinski definition) is 4. The van der Waals surface area contributed by atoms with E-state index in [0.29, 0.717) is 44.1 Å². The Balaban J connectivity index is 1.42. The van der Waals surface area contributed by atoms with Crippen LogP contribution in [0, 0.1) is 62.6 Å². The Hall–Kier alpha value is -2.08. The standard InChI is InChI=1S/C39H66N6O5/c1-23(2)25(5)34(6)15-16-36(8)26-11-12-29-35(7)20-49-22-39(29,27(26)13-14-37(36,9)30(34)32(47)48)19-28(45-43-33(40)42-44-45)31(35)50-21-38(10,24(3)4)41-17-18-46/h13,23-26,28-31,41,46H,11-12,14-22H2,1-10H3,(H2,40,43)(H,47,48)/t25-,26+,28-,29+,30-,31+,34-,35+,36-,37+,38-,39?/m1/s1. The van der Waals surface area contributed by atoms with E-state index in [9.17, 15) is 15.0 Å². The number of β-amino-alcohol motifs (C(OH)–C–C–N with tert-alkyl or cyclic N) is 1. The van der Waals surface area contributed by atoms with Crippen LogP contribution in [0.1, 0.15) is 114 Å². The van der Waals surface area contributed by atoms with Crippen LogP contribution < -0.4 is 11.1 Å². The van der Waals surface area contributed by atoms with E-state index in [0.717, 1.165) is 38.5 Å². The van der Waals surface area contributed by atoms with Crippen LogP contribution >= 0.6 is 0 Å². The third-order valence-electron chi connectivity index (χ3n) is 16.3. The lowest BCUT2D eigenvalue weighted by Crippen LogP contribution is -2.69. The minimum Gasteiger partial charge on any atom is -0.481 e. The topological polar surface area (TPSA) is 158 Å². The van der Waals surface area contributed by atoms with Gasteiger partial charge < -0.3 is 30.7 Å². The summed E-state index contributed by atoms with van der Waals surface area (Å²) in [7, 11) is 0. The number of nitrogens with one attached hydrogen (secondary N) is 1. The van der Waals surface area contributed by atoms with Crippen LogP contribution in [0.5, 0.6) is 0 Å². The SMILES string of the molecule is CC(C)[C@@H](C)[C@@]1(C)CC[C@]2(C)[C@H]3CC[C@@H]4C5(COC[C@]4(C)[C@@H](OC[C@@](C)(NCCO)C(C)C)[C@H](n4nnc(N)n4)C5)C3=CC[C@@]2(C)[C@@H]1C(=O)O. The van der Waals surface area contributed by atoms with E-state index < -0.39 is 11.9 Å². The van der Waals surface area contributed by atoms with E-state index >= 15 is 0 Å². The van der Waals surface area contributed by atoms with Crippen molar-refractivity contribution < 1.29 is 24.5 Å². The van der Waals surface area contributed by atoms with Crippen LogP contribution in [0.2, 0.25) is 0 Å². The zero-order chi connectivity index (χ0) is 36.7. The smallest absolute Gasteiger partial charge is 0.307 e. The first kappa shape index (κ1) is 37.7. The largest absolute Gasteiger partial charge is 0.481 e. The van der Waals surface area contributed by atoms with Crippen LogP contribution in [-0.4, -0.2) is 81.0 Å². The molecule has 1 unspecified atom stereocenters. The average Bonchev–Trinajstić information content (AvgIpc) is 3.48. The fourth-order valence-corrected chi connectivity index (χ4v) is 12.5. The number of aliphatic carboxylic acids is 1. The Bertz CT molecular complexity index is 1470. The average molecular weight is 699 g/mol. The van der Waals surface area contributed by atoms with Gasteiger partial charge in [0.2, 0.25) is 0 Å². The van der Waals surface area contributed by atoms with Gasteiger partial charge >= 0.3 is 5.97 Å². The first-order valence-electron chi connectivity index (χ1n) is 19.4. The molecular weight excluding hydrogens is 632 g/mol. The molecule has 12 atom stereocenters. The number of tetrazole rings is 1. The summed E-state index contributed by atoms with van der Waals surface area (Å²) in [4.78, 5) is 15.2. The molecule has 11 nitrogen and oxygen atoms in total. The molecule has 2 heterocycles. The Morgan fingerprint density at radius 2 is 1.86 bits per heavy atom. The first-order chi connectivity index (χ1) is 23.3. The van der Waals surface area contributed by atoms with Crippen LogP contribution in [0.15, 0.2) is 11.6 Å². The van der Waals surface area contributed by atoms with E-state index in [2.05, 4.69) is 96.0 Å². The quantitative estimate of drug-likeness (QED) is 0.209. The number of aromatic nitrogens is 4. The predicted octanol–water partition coefficient (Wildman–Crippen LogP) is 5.77. The Morgan fingerprint density at radius 1 is 1.14 bits per heavy atom. The number of carboxylic acids is 1. The molecule has 0 amide bonds. The maximum Gasteiger partial charge on any atom is 0.307 e. The number of anilines is 1. The summed E-state index contributed by atoms with van der Waals surface area (Å²) < 4.78 is 13.8. The molecular formula is C39H66N6O5. The summed E-state index contributed by atoms with van der Waals surface area (Å²) in [6, 6.07) is -0.215. The molecule has 1 aromatic rings. The number of fused-ring (bicyclic) bond motifs is 3. The number of aliphatic hydroxyl groups is 1. The molecule has 0 aromatic carbocycles. The van der Waals surface area contributed by atoms with Gasteiger partial charge in [0.15, 0.2) is 0 Å². The highest BCUT2D eigenvalue weighted by Gasteiger charge is 2.72. The van der Waals surface area contributed by atoms with Gasteiger partial charge in [-0.1, -0.05) is 79.1 Å². The third-order valence-corrected chi connectivity index (χ3v) is 16.3. The van der Waals surface area contributed by atoms with E-state index in [1.165, 1.54) is 5.57 Å². The number of aliphatic hydroxyl groups excluding tert-OH is 1. The summed E-state index contributed by atoms with van der Waals surface area (Å²) in [5.74, 6) is 0.639. The molecule has 282 valence electrons. The summed E-state index contributed by atoms with van der Waals surface area (Å²) >= 11 is 0. The zero-order valence-electron chi connectivity index (χ0n) is 32.5. The van der Waals surface area contributed by atoms with Crippen molar-refractivity contribution >= 4 is 11.9 Å². The van der Waals surface area contributed by atoms with Crippen molar-refractivity contribution in [1.29, 1.82) is 0 Å². The van der Waals surface area contributed by atoms with Gasteiger partial charge in [-0.05, 0) is 96.5 Å². The van der Waals surface area contributed by atoms with Crippen molar-refractivity contribution in [2.24, 2.45) is 62.6 Å². The fourth-order valence-electron chi connectivity index (χ4n) is 12.5. The Morgan fingerprint density at radius 3 is 2.46 bits per heavy atom. The molecule has 5 N–H and O–H groups in total. The minimum absolute atomic E-state index is 0.0596. The molecule has 2 bridgehead atoms. The first-order valence-corrected chi connectivity index (χ1v) is 19.4. The number of rotatable bonds is 11. The third kappa shape index (κ3) is 5.32. The maximum absolute atomic E-state index is 13.5. The molecule has 6 rings (SSSR count). The van der Waals surface area contributed by atoms with Gasteiger partial charge in [0.1, 0.15) is 6.04 Å². The molecule has 3 saturated carbocycles. The molecule has 1 aromatic heterocycles. The molecule has 1 saturated heterocycles. The molecule has 11 heteroatoms. The number of nitrogens with zero attached hydrogens (tertiary/aromatic N) is 4. The summed E-state index contributed by atoms with van der Waals surface area (Å²) in [6.45, 7) is 24.8. The number of ether oxygens (including phenoxy) is 2. The minimum atomic E-state index is -0.639. The van der Waals surface area contributed by atoms with Crippen LogP contribution in [-0.2, 0) is 14.3 Å². The Kier molecular flexibility index (Phi) is 9.64. The zero-order valence-corrected chi connectivity index (χ0v) is 32.5. The fraction of sp³-hybridized carbons (Fsp3) is 0.897. The second-order valence-corrected chi connectivity index (χ2v) is 19.0. The van der Waals surface area contributed by atoms with Crippen LogP contribution in [0.4, 0.5) is 5.95 Å². The maximum atomic E-state index is 13.5. The number of carbonyl (C=O) groups is 1. The van der Waals surface area contributed by atoms with Gasteiger partial charge in [-0.2, -0.15) is 4.80 Å². The highest BCUT2D eigenvalue weighted by atomic mass is 16.5. The number of hydrogen-bond acceptors (Lipinski definition) is 9. The van der Waals surface area contributed by atoms with Crippen molar-refractivity contribution in [1.82, 2.24) is 25.5 Å². The number of nitrogens with two attached hydrogens (primary N) is 1. The van der Waals surface area contributed by atoms with Crippen LogP contribution in [0.25, 0.3) is 0 Å². The van der Waals surface area contributed by atoms with Crippen molar-refractivity contribution in [2.75, 3.05) is 38.7 Å². The molecule has 50 heavy (non-hydrogen) atoms. The lowest BCUT2D eigenvalue weighted by atomic mass is 9.34. The van der Waals surface area contributed by atoms with Crippen LogP contribution in [0.3, 0.4) is 0 Å². The highest BCUT2D eigenvalue weighted by molar-refractivity contribution is 5.73. The molecule has 0 spiro atoms. The lowest BCUT2D eigenvalue weighted by molar-refractivity contribution is -0.254. The summed E-state index contributed by atoms with van der Waals surface area (Å²) in [5, 5.41) is 37.4. The second-order valence-electron chi connectivity index (χ2n) is 19.0. The Labute approximate surface area is 299 Å². The van der Waals surface area contributed by atoms with E-state index in [1.54, 1.807) is 4.80 Å². The molecule has 4 fully saturated rings. The summed E-state index contributed by atoms with van der Waals surface area (Å²) in [6.07, 6.45) is 7.73. The predicted molar refractivity (Wildman–Crippen MR) is 193 cm³/mol. The van der Waals surface area contributed by atoms with E-state index in [1.807, 2.05) is 0 Å². The number of nitrogen functional groups attached to an aromatic ring is 1. The van der Waals surface area contributed by atoms with Crippen molar-refractivity contribution in [3.8, 4) is 0 Å².